The van der Waals surface area contributed by atoms with Crippen LogP contribution in [0, 0.1) is 6.92 Å². The Morgan fingerprint density at radius 1 is 1.33 bits per heavy atom. The molecule has 2 aromatic heterocycles. The second-order valence-corrected chi connectivity index (χ2v) is 7.10. The summed E-state index contributed by atoms with van der Waals surface area (Å²) in [5, 5.41) is 17.0. The van der Waals surface area contributed by atoms with Crippen molar-refractivity contribution >= 4 is 17.5 Å². The molecule has 0 saturated carbocycles. The number of aryl methyl sites for hydroxylation is 2. The maximum absolute atomic E-state index is 12.3. The van der Waals surface area contributed by atoms with Crippen LogP contribution >= 0.6 is 11.6 Å². The molecule has 1 aliphatic rings. The second-order valence-electron chi connectivity index (χ2n) is 6.66. The average Bonchev–Trinajstić information content (AvgIpc) is 3.22. The minimum atomic E-state index is -0.307. The van der Waals surface area contributed by atoms with Crippen LogP contribution in [-0.2, 0) is 19.4 Å². The number of amides is 1. The Bertz CT molecular complexity index is 989. The predicted octanol–water partition coefficient (Wildman–Crippen LogP) is 2.97. The van der Waals surface area contributed by atoms with Crippen LogP contribution in [0.25, 0.3) is 11.3 Å². The van der Waals surface area contributed by atoms with Crippen LogP contribution in [0.5, 0.6) is 0 Å². The molecule has 0 fully saturated rings. The molecule has 6 nitrogen and oxygen atoms in total. The molecule has 0 aliphatic heterocycles. The highest BCUT2D eigenvalue weighted by Gasteiger charge is 2.29. The molecule has 7 heteroatoms. The molecule has 0 atom stereocenters. The van der Waals surface area contributed by atoms with Gasteiger partial charge in [0, 0.05) is 35.3 Å². The van der Waals surface area contributed by atoms with E-state index < -0.39 is 0 Å². The van der Waals surface area contributed by atoms with Gasteiger partial charge in [-0.05, 0) is 36.6 Å². The SMILES string of the molecule is Cc1c(C(=O)NCCO)oc2c1-c1nn(Cc3ccc(Cl)cc3)cc1CC2. The fourth-order valence-corrected chi connectivity index (χ4v) is 3.61. The van der Waals surface area contributed by atoms with Gasteiger partial charge in [0.2, 0.25) is 0 Å². The number of carbonyl (C=O) groups excluding carboxylic acids is 1. The minimum absolute atomic E-state index is 0.107. The molecule has 3 aromatic rings. The molecule has 1 aromatic carbocycles. The van der Waals surface area contributed by atoms with Crippen LogP contribution in [0.2, 0.25) is 5.02 Å². The van der Waals surface area contributed by atoms with Crippen LogP contribution in [0.4, 0.5) is 0 Å². The Kier molecular flexibility index (Phi) is 4.76. The molecular formula is C20H20ClN3O3. The van der Waals surface area contributed by atoms with Crippen LogP contribution in [0.15, 0.2) is 34.9 Å². The lowest BCUT2D eigenvalue weighted by molar-refractivity contribution is 0.0914. The lowest BCUT2D eigenvalue weighted by atomic mass is 9.93. The van der Waals surface area contributed by atoms with Gasteiger partial charge in [0.1, 0.15) is 5.76 Å². The molecular weight excluding hydrogens is 366 g/mol. The molecule has 27 heavy (non-hydrogen) atoms. The molecule has 2 heterocycles. The Hall–Kier alpha value is -2.57. The first-order chi connectivity index (χ1) is 13.1. The first kappa shape index (κ1) is 17.8. The fourth-order valence-electron chi connectivity index (χ4n) is 3.49. The third-order valence-corrected chi connectivity index (χ3v) is 5.03. The number of benzene rings is 1. The third kappa shape index (κ3) is 3.38. The van der Waals surface area contributed by atoms with Crippen molar-refractivity contribution in [1.29, 1.82) is 0 Å². The lowest BCUT2D eigenvalue weighted by Gasteiger charge is -2.09. The maximum Gasteiger partial charge on any atom is 0.287 e. The highest BCUT2D eigenvalue weighted by atomic mass is 35.5. The maximum atomic E-state index is 12.3. The summed E-state index contributed by atoms with van der Waals surface area (Å²) in [6.07, 6.45) is 3.63. The van der Waals surface area contributed by atoms with E-state index in [0.29, 0.717) is 17.3 Å². The number of carbonyl (C=O) groups is 1. The minimum Gasteiger partial charge on any atom is -0.455 e. The number of nitrogens with one attached hydrogen (secondary N) is 1. The average molecular weight is 386 g/mol. The van der Waals surface area contributed by atoms with Gasteiger partial charge < -0.3 is 14.8 Å². The number of aliphatic hydroxyl groups is 1. The van der Waals surface area contributed by atoms with Crippen molar-refractivity contribution in [3.8, 4) is 11.3 Å². The second kappa shape index (κ2) is 7.21. The first-order valence-electron chi connectivity index (χ1n) is 8.89. The Balaban J connectivity index is 1.65. The van der Waals surface area contributed by atoms with Gasteiger partial charge in [0.15, 0.2) is 5.76 Å². The van der Waals surface area contributed by atoms with Crippen molar-refractivity contribution in [1.82, 2.24) is 15.1 Å². The van der Waals surface area contributed by atoms with E-state index in [2.05, 4.69) is 11.5 Å². The predicted molar refractivity (Wildman–Crippen MR) is 102 cm³/mol. The fraction of sp³-hybridized carbons (Fsp3) is 0.300. The summed E-state index contributed by atoms with van der Waals surface area (Å²) in [4.78, 5) is 12.3. The van der Waals surface area contributed by atoms with Gasteiger partial charge in [-0.2, -0.15) is 5.10 Å². The molecule has 2 N–H and O–H groups in total. The summed E-state index contributed by atoms with van der Waals surface area (Å²) >= 11 is 5.95. The van der Waals surface area contributed by atoms with E-state index in [-0.39, 0.29) is 19.1 Å². The number of nitrogens with zero attached hydrogens (tertiary/aromatic N) is 2. The zero-order valence-corrected chi connectivity index (χ0v) is 15.7. The summed E-state index contributed by atoms with van der Waals surface area (Å²) < 4.78 is 7.75. The van der Waals surface area contributed by atoms with Gasteiger partial charge in [0.05, 0.1) is 18.8 Å². The van der Waals surface area contributed by atoms with Crippen molar-refractivity contribution in [2.45, 2.75) is 26.3 Å². The van der Waals surface area contributed by atoms with Gasteiger partial charge in [-0.25, -0.2) is 0 Å². The molecule has 0 bridgehead atoms. The molecule has 0 unspecified atom stereocenters. The Morgan fingerprint density at radius 3 is 2.85 bits per heavy atom. The number of hydrogen-bond acceptors (Lipinski definition) is 4. The number of hydrogen-bond donors (Lipinski definition) is 2. The molecule has 1 aliphatic carbocycles. The lowest BCUT2D eigenvalue weighted by Crippen LogP contribution is -2.26. The summed E-state index contributed by atoms with van der Waals surface area (Å²) in [5.41, 5.74) is 4.86. The molecule has 0 saturated heterocycles. The number of aliphatic hydroxyl groups excluding tert-OH is 1. The van der Waals surface area contributed by atoms with E-state index >= 15 is 0 Å². The number of halogens is 1. The topological polar surface area (TPSA) is 80.3 Å². The van der Waals surface area contributed by atoms with E-state index in [1.54, 1.807) is 0 Å². The van der Waals surface area contributed by atoms with E-state index in [9.17, 15) is 4.79 Å². The first-order valence-corrected chi connectivity index (χ1v) is 9.27. The molecule has 4 rings (SSSR count). The normalized spacial score (nSPS) is 12.6. The van der Waals surface area contributed by atoms with Crippen LogP contribution < -0.4 is 5.32 Å². The van der Waals surface area contributed by atoms with Gasteiger partial charge in [0.25, 0.3) is 5.91 Å². The van der Waals surface area contributed by atoms with E-state index in [1.165, 1.54) is 0 Å². The van der Waals surface area contributed by atoms with Crippen LogP contribution in [-0.4, -0.2) is 33.9 Å². The monoisotopic (exact) mass is 385 g/mol. The third-order valence-electron chi connectivity index (χ3n) is 4.78. The number of rotatable bonds is 5. The number of fused-ring (bicyclic) bond motifs is 3. The standard InChI is InChI=1S/C20H20ClN3O3/c1-12-17-16(27-19(12)20(26)22-8-9-25)7-4-14-11-24(23-18(14)17)10-13-2-5-15(21)6-3-13/h2-3,5-6,11,25H,4,7-10H2,1H3,(H,22,26). The quantitative estimate of drug-likeness (QED) is 0.707. The highest BCUT2D eigenvalue weighted by molar-refractivity contribution is 6.30. The number of aromatic nitrogens is 2. The summed E-state index contributed by atoms with van der Waals surface area (Å²) in [6, 6.07) is 7.72. The molecule has 1 amide bonds. The van der Waals surface area contributed by atoms with Gasteiger partial charge in [-0.15, -0.1) is 0 Å². The summed E-state index contributed by atoms with van der Waals surface area (Å²) in [5.74, 6) is 0.789. The van der Waals surface area contributed by atoms with Crippen LogP contribution in [0.1, 0.15) is 33.0 Å². The van der Waals surface area contributed by atoms with Crippen LogP contribution in [0.3, 0.4) is 0 Å². The zero-order chi connectivity index (χ0) is 19.0. The van der Waals surface area contributed by atoms with Crippen molar-refractivity contribution in [2.24, 2.45) is 0 Å². The van der Waals surface area contributed by atoms with Gasteiger partial charge in [-0.3, -0.25) is 9.48 Å². The van der Waals surface area contributed by atoms with Gasteiger partial charge >= 0.3 is 0 Å². The van der Waals surface area contributed by atoms with Crippen molar-refractivity contribution in [2.75, 3.05) is 13.2 Å². The van der Waals surface area contributed by atoms with E-state index in [0.717, 1.165) is 46.5 Å². The molecule has 0 spiro atoms. The number of furan rings is 1. The highest BCUT2D eigenvalue weighted by Crippen LogP contribution is 2.38. The largest absolute Gasteiger partial charge is 0.455 e. The van der Waals surface area contributed by atoms with Crippen molar-refractivity contribution in [3.05, 3.63) is 63.7 Å². The van der Waals surface area contributed by atoms with E-state index in [1.807, 2.05) is 35.9 Å². The van der Waals surface area contributed by atoms with Gasteiger partial charge in [-0.1, -0.05) is 23.7 Å². The Morgan fingerprint density at radius 2 is 2.11 bits per heavy atom. The summed E-state index contributed by atoms with van der Waals surface area (Å²) in [7, 11) is 0. The molecule has 0 radical (unpaired) electrons. The smallest absolute Gasteiger partial charge is 0.287 e. The van der Waals surface area contributed by atoms with Crippen molar-refractivity contribution < 1.29 is 14.3 Å². The zero-order valence-electron chi connectivity index (χ0n) is 15.0. The van der Waals surface area contributed by atoms with E-state index in [4.69, 9.17) is 26.2 Å². The summed E-state index contributed by atoms with van der Waals surface area (Å²) in [6.45, 7) is 2.62. The Labute approximate surface area is 161 Å². The van der Waals surface area contributed by atoms with Crippen molar-refractivity contribution in [3.63, 3.8) is 0 Å². The molecule has 140 valence electrons.